The highest BCUT2D eigenvalue weighted by molar-refractivity contribution is 5.88. The zero-order valence-corrected chi connectivity index (χ0v) is 13.1. The van der Waals surface area contributed by atoms with Gasteiger partial charge < -0.3 is 5.32 Å². The van der Waals surface area contributed by atoms with Crippen LogP contribution in [0.1, 0.15) is 29.7 Å². The summed E-state index contributed by atoms with van der Waals surface area (Å²) in [6.07, 6.45) is 9.25. The number of nitrogens with zero attached hydrogens (tertiary/aromatic N) is 3. The highest BCUT2D eigenvalue weighted by Crippen LogP contribution is 2.31. The Balaban J connectivity index is 1.85. The van der Waals surface area contributed by atoms with Crippen molar-refractivity contribution >= 4 is 22.4 Å². The topological polar surface area (TPSA) is 50.7 Å². The molecule has 0 atom stereocenters. The zero-order valence-electron chi connectivity index (χ0n) is 13.1. The summed E-state index contributed by atoms with van der Waals surface area (Å²) in [6, 6.07) is 10.5. The summed E-state index contributed by atoms with van der Waals surface area (Å²) < 4.78 is 0. The van der Waals surface area contributed by atoms with Crippen LogP contribution in [0.5, 0.6) is 0 Å². The number of hydrogen-bond donors (Lipinski definition) is 1. The third kappa shape index (κ3) is 2.57. The summed E-state index contributed by atoms with van der Waals surface area (Å²) in [5.74, 6) is 0.688. The van der Waals surface area contributed by atoms with Gasteiger partial charge in [0.1, 0.15) is 0 Å². The van der Waals surface area contributed by atoms with Crippen LogP contribution in [0.3, 0.4) is 0 Å². The van der Waals surface area contributed by atoms with E-state index >= 15 is 0 Å². The molecule has 0 bridgehead atoms. The Morgan fingerprint density at radius 3 is 3.00 bits per heavy atom. The number of allylic oxidation sites excluding steroid dienone is 1. The molecule has 4 heteroatoms. The molecule has 4 rings (SSSR count). The lowest BCUT2D eigenvalue weighted by Gasteiger charge is -2.12. The second-order valence-corrected chi connectivity index (χ2v) is 5.72. The minimum Gasteiger partial charge on any atom is -0.357 e. The van der Waals surface area contributed by atoms with Crippen molar-refractivity contribution in [3.05, 3.63) is 65.6 Å². The molecule has 0 unspecified atom stereocenters. The van der Waals surface area contributed by atoms with E-state index in [2.05, 4.69) is 50.6 Å². The fourth-order valence-corrected chi connectivity index (χ4v) is 3.10. The lowest BCUT2D eigenvalue weighted by molar-refractivity contribution is 0.822. The Kier molecular flexibility index (Phi) is 3.50. The largest absolute Gasteiger partial charge is 0.357 e. The van der Waals surface area contributed by atoms with E-state index in [-0.39, 0.29) is 0 Å². The Labute approximate surface area is 135 Å². The zero-order chi connectivity index (χ0) is 15.6. The van der Waals surface area contributed by atoms with Crippen LogP contribution in [0.25, 0.3) is 16.5 Å². The molecule has 0 radical (unpaired) electrons. The molecule has 1 N–H and O–H groups in total. The van der Waals surface area contributed by atoms with Gasteiger partial charge in [0.15, 0.2) is 0 Å². The van der Waals surface area contributed by atoms with Crippen LogP contribution in [-0.4, -0.2) is 22.0 Å². The minimum atomic E-state index is 0.688. The molecule has 0 spiro atoms. The molecule has 23 heavy (non-hydrogen) atoms. The predicted octanol–water partition coefficient (Wildman–Crippen LogP) is 3.83. The van der Waals surface area contributed by atoms with E-state index in [0.717, 1.165) is 41.4 Å². The maximum absolute atomic E-state index is 4.65. The second-order valence-electron chi connectivity index (χ2n) is 5.72. The van der Waals surface area contributed by atoms with Gasteiger partial charge in [-0.25, -0.2) is 9.97 Å². The number of fused-ring (bicyclic) bond motifs is 2. The van der Waals surface area contributed by atoms with E-state index in [4.69, 9.17) is 0 Å². The van der Waals surface area contributed by atoms with Crippen molar-refractivity contribution in [2.75, 3.05) is 12.4 Å². The normalized spacial score (nSPS) is 14.0. The van der Waals surface area contributed by atoms with Gasteiger partial charge in [-0.2, -0.15) is 0 Å². The molecule has 2 aromatic heterocycles. The second kappa shape index (κ2) is 5.80. The highest BCUT2D eigenvalue weighted by Gasteiger charge is 2.16. The number of anilines is 1. The number of pyridine rings is 1. The van der Waals surface area contributed by atoms with Crippen LogP contribution in [0.2, 0.25) is 0 Å². The molecular formula is C19H18N4. The average Bonchev–Trinajstić information content (AvgIpc) is 2.83. The summed E-state index contributed by atoms with van der Waals surface area (Å²) in [5, 5.41) is 4.18. The van der Waals surface area contributed by atoms with Crippen LogP contribution in [0, 0.1) is 0 Å². The Bertz CT molecular complexity index is 899. The van der Waals surface area contributed by atoms with Crippen LogP contribution in [0.4, 0.5) is 5.95 Å². The van der Waals surface area contributed by atoms with Gasteiger partial charge in [0.05, 0.1) is 11.2 Å². The smallest absolute Gasteiger partial charge is 0.222 e. The van der Waals surface area contributed by atoms with Gasteiger partial charge in [-0.05, 0) is 48.6 Å². The molecule has 1 aliphatic carbocycles. The number of hydrogen-bond acceptors (Lipinski definition) is 4. The van der Waals surface area contributed by atoms with E-state index in [0.29, 0.717) is 5.95 Å². The van der Waals surface area contributed by atoms with Crippen LogP contribution >= 0.6 is 0 Å². The number of benzene rings is 1. The van der Waals surface area contributed by atoms with Crippen LogP contribution < -0.4 is 5.32 Å². The van der Waals surface area contributed by atoms with Crippen molar-refractivity contribution < 1.29 is 0 Å². The first-order valence-corrected chi connectivity index (χ1v) is 7.94. The number of aromatic nitrogens is 3. The first-order valence-electron chi connectivity index (χ1n) is 7.94. The van der Waals surface area contributed by atoms with Gasteiger partial charge in [-0.15, -0.1) is 0 Å². The Morgan fingerprint density at radius 2 is 2.09 bits per heavy atom. The standard InChI is InChI=1S/C19H18N4/c1-20-19-22-12-16-15(6-2-3-7-18(16)23-19)13-8-9-17-14(11-13)5-4-10-21-17/h4-6,8-12H,2-3,7H2,1H3,(H,20,22,23). The predicted molar refractivity (Wildman–Crippen MR) is 93.3 cm³/mol. The molecule has 1 aromatic carbocycles. The van der Waals surface area contributed by atoms with Gasteiger partial charge >= 0.3 is 0 Å². The maximum atomic E-state index is 4.65. The molecule has 4 nitrogen and oxygen atoms in total. The number of rotatable bonds is 2. The average molecular weight is 302 g/mol. The lowest BCUT2D eigenvalue weighted by atomic mass is 9.96. The van der Waals surface area contributed by atoms with E-state index in [1.165, 1.54) is 11.1 Å². The number of aryl methyl sites for hydroxylation is 1. The molecule has 0 aliphatic heterocycles. The van der Waals surface area contributed by atoms with Gasteiger partial charge in [-0.1, -0.05) is 18.2 Å². The quantitative estimate of drug-likeness (QED) is 0.781. The van der Waals surface area contributed by atoms with Crippen molar-refractivity contribution in [2.45, 2.75) is 19.3 Å². The molecular weight excluding hydrogens is 284 g/mol. The van der Waals surface area contributed by atoms with Gasteiger partial charge in [0, 0.05) is 30.4 Å². The maximum Gasteiger partial charge on any atom is 0.222 e. The summed E-state index contributed by atoms with van der Waals surface area (Å²) in [5.41, 5.74) is 5.72. The minimum absolute atomic E-state index is 0.688. The highest BCUT2D eigenvalue weighted by atomic mass is 15.1. The molecule has 114 valence electrons. The molecule has 0 fully saturated rings. The SMILES string of the molecule is CNc1ncc2c(n1)CCCC=C2c1ccc2ncccc2c1. The van der Waals surface area contributed by atoms with Crippen LogP contribution in [-0.2, 0) is 6.42 Å². The monoisotopic (exact) mass is 302 g/mol. The Hall–Kier alpha value is -2.75. The third-order valence-corrected chi connectivity index (χ3v) is 4.26. The van der Waals surface area contributed by atoms with E-state index < -0.39 is 0 Å². The molecule has 2 heterocycles. The summed E-state index contributed by atoms with van der Waals surface area (Å²) in [4.78, 5) is 13.5. The molecule has 1 aliphatic rings. The Morgan fingerprint density at radius 1 is 1.13 bits per heavy atom. The third-order valence-electron chi connectivity index (χ3n) is 4.26. The lowest BCUT2D eigenvalue weighted by Crippen LogP contribution is -2.03. The van der Waals surface area contributed by atoms with Gasteiger partial charge in [0.25, 0.3) is 0 Å². The fourth-order valence-electron chi connectivity index (χ4n) is 3.10. The number of nitrogens with one attached hydrogen (secondary N) is 1. The van der Waals surface area contributed by atoms with E-state index in [1.54, 1.807) is 0 Å². The van der Waals surface area contributed by atoms with Crippen molar-refractivity contribution in [3.8, 4) is 0 Å². The van der Waals surface area contributed by atoms with Crippen LogP contribution in [0.15, 0.2) is 48.8 Å². The van der Waals surface area contributed by atoms with Gasteiger partial charge in [0.2, 0.25) is 5.95 Å². The van der Waals surface area contributed by atoms with Crippen molar-refractivity contribution in [3.63, 3.8) is 0 Å². The fraction of sp³-hybridized carbons (Fsp3) is 0.211. The van der Waals surface area contributed by atoms with Gasteiger partial charge in [-0.3, -0.25) is 4.98 Å². The first-order chi connectivity index (χ1) is 11.3. The molecule has 3 aromatic rings. The molecule has 0 saturated heterocycles. The summed E-state index contributed by atoms with van der Waals surface area (Å²) >= 11 is 0. The summed E-state index contributed by atoms with van der Waals surface area (Å²) in [6.45, 7) is 0. The van der Waals surface area contributed by atoms with E-state index in [9.17, 15) is 0 Å². The van der Waals surface area contributed by atoms with Crippen molar-refractivity contribution in [1.82, 2.24) is 15.0 Å². The first kappa shape index (κ1) is 13.9. The van der Waals surface area contributed by atoms with Crippen molar-refractivity contribution in [1.29, 1.82) is 0 Å². The molecule has 0 amide bonds. The molecule has 0 saturated carbocycles. The van der Waals surface area contributed by atoms with E-state index in [1.807, 2.05) is 25.5 Å². The van der Waals surface area contributed by atoms with Crippen molar-refractivity contribution in [2.24, 2.45) is 0 Å². The summed E-state index contributed by atoms with van der Waals surface area (Å²) in [7, 11) is 1.85.